The Morgan fingerprint density at radius 1 is 1.35 bits per heavy atom. The van der Waals surface area contributed by atoms with Crippen molar-refractivity contribution < 1.29 is 18.0 Å². The molecule has 0 aromatic heterocycles. The van der Waals surface area contributed by atoms with Gasteiger partial charge in [-0.25, -0.2) is 0 Å². The maximum atomic E-state index is 12.0. The molecule has 6 heteroatoms. The van der Waals surface area contributed by atoms with E-state index in [2.05, 4.69) is 5.32 Å². The minimum absolute atomic E-state index is 0.110. The van der Waals surface area contributed by atoms with E-state index in [0.717, 1.165) is 6.08 Å². The maximum absolute atomic E-state index is 12.0. The van der Waals surface area contributed by atoms with Crippen molar-refractivity contribution in [2.75, 3.05) is 11.2 Å². The lowest BCUT2D eigenvalue weighted by atomic mass is 10.1. The molecular formula is C11H9ClF3NO. The second kappa shape index (κ2) is 5.72. The molecule has 0 spiro atoms. The van der Waals surface area contributed by atoms with Gasteiger partial charge < -0.3 is 5.32 Å². The Labute approximate surface area is 101 Å². The van der Waals surface area contributed by atoms with Crippen LogP contribution in [0.3, 0.4) is 0 Å². The molecule has 92 valence electrons. The zero-order valence-corrected chi connectivity index (χ0v) is 9.35. The van der Waals surface area contributed by atoms with Gasteiger partial charge in [-0.1, -0.05) is 18.2 Å². The predicted octanol–water partition coefficient (Wildman–Crippen LogP) is 3.44. The molecule has 2 nitrogen and oxygen atoms in total. The number of allylic oxidation sites excluding steroid dienone is 1. The number of alkyl halides is 4. The van der Waals surface area contributed by atoms with Crippen LogP contribution in [0, 0.1) is 0 Å². The van der Waals surface area contributed by atoms with Crippen molar-refractivity contribution in [3.63, 3.8) is 0 Å². The SMILES string of the molecule is O=C(CCl)Nc1ccccc1/C=C/C(F)(F)F. The Morgan fingerprint density at radius 3 is 2.59 bits per heavy atom. The summed E-state index contributed by atoms with van der Waals surface area (Å²) in [4.78, 5) is 11.0. The van der Waals surface area contributed by atoms with Crippen LogP contribution in [-0.4, -0.2) is 18.0 Å². The lowest BCUT2D eigenvalue weighted by molar-refractivity contribution is -0.113. The van der Waals surface area contributed by atoms with Crippen molar-refractivity contribution in [1.82, 2.24) is 0 Å². The molecule has 0 radical (unpaired) electrons. The molecule has 0 fully saturated rings. The Balaban J connectivity index is 2.92. The first-order chi connectivity index (χ1) is 7.92. The number of carbonyl (C=O) groups is 1. The molecule has 0 aliphatic carbocycles. The molecule has 1 N–H and O–H groups in total. The Kier molecular flexibility index (Phi) is 4.57. The summed E-state index contributed by atoms with van der Waals surface area (Å²) in [6.07, 6.45) is -3.38. The smallest absolute Gasteiger partial charge is 0.324 e. The summed E-state index contributed by atoms with van der Waals surface area (Å²) in [5.41, 5.74) is 0.557. The van der Waals surface area contributed by atoms with Gasteiger partial charge in [-0.3, -0.25) is 4.79 Å². The monoisotopic (exact) mass is 263 g/mol. The van der Waals surface area contributed by atoms with E-state index in [9.17, 15) is 18.0 Å². The van der Waals surface area contributed by atoms with Crippen LogP contribution in [0.1, 0.15) is 5.56 Å². The number of halogens is 4. The fraction of sp³-hybridized carbons (Fsp3) is 0.182. The summed E-state index contributed by atoms with van der Waals surface area (Å²) >= 11 is 5.29. The summed E-state index contributed by atoms with van der Waals surface area (Å²) in [6, 6.07) is 6.15. The fourth-order valence-corrected chi connectivity index (χ4v) is 1.19. The van der Waals surface area contributed by atoms with Crippen molar-refractivity contribution in [3.8, 4) is 0 Å². The summed E-state index contributed by atoms with van der Waals surface area (Å²) in [5.74, 6) is -0.725. The minimum atomic E-state index is -4.39. The number of rotatable bonds is 3. The minimum Gasteiger partial charge on any atom is -0.324 e. The van der Waals surface area contributed by atoms with Gasteiger partial charge in [0.1, 0.15) is 5.88 Å². The van der Waals surface area contributed by atoms with E-state index in [1.165, 1.54) is 12.1 Å². The topological polar surface area (TPSA) is 29.1 Å². The fourth-order valence-electron chi connectivity index (χ4n) is 1.12. The van der Waals surface area contributed by atoms with Gasteiger partial charge in [0.15, 0.2) is 0 Å². The molecule has 0 saturated carbocycles. The van der Waals surface area contributed by atoms with E-state index in [-0.39, 0.29) is 17.5 Å². The third-order valence-electron chi connectivity index (χ3n) is 1.81. The molecule has 1 rings (SSSR count). The molecular weight excluding hydrogens is 255 g/mol. The lowest BCUT2D eigenvalue weighted by Crippen LogP contribution is -2.13. The maximum Gasteiger partial charge on any atom is 0.409 e. The van der Waals surface area contributed by atoms with Crippen molar-refractivity contribution in [3.05, 3.63) is 35.9 Å². The molecule has 0 aliphatic heterocycles. The van der Waals surface area contributed by atoms with Gasteiger partial charge in [-0.2, -0.15) is 13.2 Å². The van der Waals surface area contributed by atoms with Crippen LogP contribution in [0.15, 0.2) is 30.3 Å². The summed E-state index contributed by atoms with van der Waals surface area (Å²) in [7, 11) is 0. The van der Waals surface area contributed by atoms with E-state index in [4.69, 9.17) is 11.6 Å². The molecule has 1 amide bonds. The first kappa shape index (κ1) is 13.6. The van der Waals surface area contributed by atoms with Crippen LogP contribution in [0.25, 0.3) is 6.08 Å². The van der Waals surface area contributed by atoms with Crippen LogP contribution in [0.2, 0.25) is 0 Å². The largest absolute Gasteiger partial charge is 0.409 e. The second-order valence-corrected chi connectivity index (χ2v) is 3.41. The number of hydrogen-bond donors (Lipinski definition) is 1. The van der Waals surface area contributed by atoms with E-state index in [1.54, 1.807) is 12.1 Å². The molecule has 1 aromatic carbocycles. The van der Waals surface area contributed by atoms with Gasteiger partial charge in [0.05, 0.1) is 0 Å². The predicted molar refractivity (Wildman–Crippen MR) is 60.9 cm³/mol. The highest BCUT2D eigenvalue weighted by Crippen LogP contribution is 2.22. The first-order valence-electron chi connectivity index (χ1n) is 4.63. The quantitative estimate of drug-likeness (QED) is 0.832. The second-order valence-electron chi connectivity index (χ2n) is 3.14. The van der Waals surface area contributed by atoms with Crippen LogP contribution in [0.5, 0.6) is 0 Å². The standard InChI is InChI=1S/C11H9ClF3NO/c12-7-10(17)16-9-4-2-1-3-8(9)5-6-11(13,14)15/h1-6H,7H2,(H,16,17)/b6-5+. The molecule has 1 aromatic rings. The molecule has 0 bridgehead atoms. The van der Waals surface area contributed by atoms with E-state index < -0.39 is 12.1 Å². The highest BCUT2D eigenvalue weighted by atomic mass is 35.5. The number of para-hydroxylation sites is 1. The number of amides is 1. The Hall–Kier alpha value is -1.49. The van der Waals surface area contributed by atoms with Gasteiger partial charge in [0, 0.05) is 11.8 Å². The zero-order chi connectivity index (χ0) is 12.9. The first-order valence-corrected chi connectivity index (χ1v) is 5.16. The summed E-state index contributed by atoms with van der Waals surface area (Å²) in [5, 5.41) is 2.41. The average Bonchev–Trinajstić information content (AvgIpc) is 2.26. The molecule has 0 atom stereocenters. The third kappa shape index (κ3) is 4.91. The van der Waals surface area contributed by atoms with E-state index >= 15 is 0 Å². The molecule has 0 heterocycles. The van der Waals surface area contributed by atoms with Crippen molar-refractivity contribution in [2.45, 2.75) is 6.18 Å². The number of nitrogens with one attached hydrogen (secondary N) is 1. The number of carbonyl (C=O) groups excluding carboxylic acids is 1. The van der Waals surface area contributed by atoms with E-state index in [1.807, 2.05) is 0 Å². The van der Waals surface area contributed by atoms with Gasteiger partial charge in [-0.05, 0) is 17.7 Å². The Bertz CT molecular complexity index is 429. The van der Waals surface area contributed by atoms with Crippen LogP contribution < -0.4 is 5.32 Å². The number of hydrogen-bond acceptors (Lipinski definition) is 1. The summed E-state index contributed by atoms with van der Waals surface area (Å²) in [6.45, 7) is 0. The van der Waals surface area contributed by atoms with Crippen LogP contribution in [-0.2, 0) is 4.79 Å². The van der Waals surface area contributed by atoms with Gasteiger partial charge in [-0.15, -0.1) is 11.6 Å². The van der Waals surface area contributed by atoms with Gasteiger partial charge >= 0.3 is 6.18 Å². The number of anilines is 1. The number of benzene rings is 1. The molecule has 0 unspecified atom stereocenters. The van der Waals surface area contributed by atoms with Crippen LogP contribution >= 0.6 is 11.6 Å². The van der Waals surface area contributed by atoms with Gasteiger partial charge in [0.2, 0.25) is 5.91 Å². The average molecular weight is 264 g/mol. The van der Waals surface area contributed by atoms with Crippen molar-refractivity contribution in [2.24, 2.45) is 0 Å². The highest BCUT2D eigenvalue weighted by molar-refractivity contribution is 6.29. The molecule has 0 saturated heterocycles. The normalized spacial score (nSPS) is 11.8. The summed E-state index contributed by atoms with van der Waals surface area (Å²) < 4.78 is 36.0. The van der Waals surface area contributed by atoms with E-state index in [0.29, 0.717) is 5.69 Å². The van der Waals surface area contributed by atoms with Crippen LogP contribution in [0.4, 0.5) is 18.9 Å². The van der Waals surface area contributed by atoms with Gasteiger partial charge in [0.25, 0.3) is 0 Å². The molecule has 0 aliphatic rings. The lowest BCUT2D eigenvalue weighted by Gasteiger charge is -2.07. The Morgan fingerprint density at radius 2 is 2.00 bits per heavy atom. The third-order valence-corrected chi connectivity index (χ3v) is 2.05. The van der Waals surface area contributed by atoms with Crippen molar-refractivity contribution in [1.29, 1.82) is 0 Å². The van der Waals surface area contributed by atoms with Crippen molar-refractivity contribution >= 4 is 29.3 Å². The molecule has 17 heavy (non-hydrogen) atoms. The highest BCUT2D eigenvalue weighted by Gasteiger charge is 2.22. The zero-order valence-electron chi connectivity index (χ0n) is 8.59.